The van der Waals surface area contributed by atoms with Crippen LogP contribution in [0.4, 0.5) is 11.4 Å². The Bertz CT molecular complexity index is 1710. The van der Waals surface area contributed by atoms with Crippen molar-refractivity contribution in [2.75, 3.05) is 11.5 Å². The normalized spacial score (nSPS) is 15.1. The first-order chi connectivity index (χ1) is 18.2. The molecule has 2 aliphatic rings. The maximum atomic E-state index is 14.0. The number of imide groups is 2. The van der Waals surface area contributed by atoms with Crippen molar-refractivity contribution >= 4 is 45.8 Å². The molecule has 0 saturated carbocycles. The maximum Gasteiger partial charge on any atom is 0.267 e. The molecule has 0 aliphatic carbocycles. The largest absolute Gasteiger partial charge is 0.394 e. The number of carbonyl (C=O) groups is 4. The van der Waals surface area contributed by atoms with Crippen LogP contribution >= 0.6 is 0 Å². The highest BCUT2D eigenvalue weighted by Crippen LogP contribution is 2.45. The van der Waals surface area contributed by atoms with Gasteiger partial charge in [0.05, 0.1) is 41.6 Å². The van der Waals surface area contributed by atoms with Crippen LogP contribution in [0.3, 0.4) is 0 Å². The summed E-state index contributed by atoms with van der Waals surface area (Å²) < 4.78 is 0. The van der Waals surface area contributed by atoms with Crippen LogP contribution in [0.5, 0.6) is 0 Å². The number of nitrogens with zero attached hydrogens (tertiary/aromatic N) is 4. The summed E-state index contributed by atoms with van der Waals surface area (Å²) in [6.45, 7) is 12.7. The van der Waals surface area contributed by atoms with Crippen LogP contribution in [0.15, 0.2) is 30.3 Å². The number of para-hydroxylation sites is 1. The fraction of sp³-hybridized carbons (Fsp3) is 0.241. The molecule has 1 atom stereocenters. The van der Waals surface area contributed by atoms with Gasteiger partial charge in [0.25, 0.3) is 23.6 Å². The summed E-state index contributed by atoms with van der Waals surface area (Å²) >= 11 is 0. The summed E-state index contributed by atoms with van der Waals surface area (Å²) in [5.74, 6) is -2.98. The van der Waals surface area contributed by atoms with Crippen molar-refractivity contribution in [3.63, 3.8) is 0 Å². The highest BCUT2D eigenvalue weighted by Gasteiger charge is 2.44. The summed E-state index contributed by atoms with van der Waals surface area (Å²) in [5.41, 5.74) is 1.26. The van der Waals surface area contributed by atoms with Crippen molar-refractivity contribution in [2.24, 2.45) is 0 Å². The molecule has 0 saturated heterocycles. The van der Waals surface area contributed by atoms with E-state index >= 15 is 0 Å². The number of hydrogen-bond acceptors (Lipinski definition) is 6. The summed E-state index contributed by atoms with van der Waals surface area (Å²) in [4.78, 5) is 60.6. The van der Waals surface area contributed by atoms with E-state index in [2.05, 4.69) is 4.85 Å². The average Bonchev–Trinajstić information content (AvgIpc) is 2.92. The number of carbonyl (C=O) groups excluding carboxylic acids is 4. The van der Waals surface area contributed by atoms with E-state index < -0.39 is 36.3 Å². The molecule has 9 nitrogen and oxygen atoms in total. The average molecular weight is 507 g/mol. The van der Waals surface area contributed by atoms with Gasteiger partial charge in [0, 0.05) is 16.5 Å². The van der Waals surface area contributed by atoms with Gasteiger partial charge in [-0.15, -0.1) is 0 Å². The predicted molar refractivity (Wildman–Crippen MR) is 138 cm³/mol. The fourth-order valence-corrected chi connectivity index (χ4v) is 5.49. The number of amides is 4. The van der Waals surface area contributed by atoms with E-state index in [1.54, 1.807) is 19.9 Å². The summed E-state index contributed by atoms with van der Waals surface area (Å²) in [6, 6.07) is 9.06. The molecular formula is C29H22N4O5. The summed E-state index contributed by atoms with van der Waals surface area (Å²) in [5, 5.41) is 19.9. The number of nitriles is 1. The molecule has 3 aromatic carbocycles. The number of aliphatic hydroxyl groups excluding tert-OH is 1. The number of benzene rings is 3. The van der Waals surface area contributed by atoms with Crippen molar-refractivity contribution in [1.29, 1.82) is 5.26 Å². The molecular weight excluding hydrogens is 484 g/mol. The van der Waals surface area contributed by atoms with Gasteiger partial charge in [-0.3, -0.25) is 24.1 Å². The Hall–Kier alpha value is -4.86. The molecule has 0 fully saturated rings. The number of hydrogen-bond donors (Lipinski definition) is 1. The number of aryl methyl sites for hydroxylation is 2. The lowest BCUT2D eigenvalue weighted by Gasteiger charge is -2.36. The van der Waals surface area contributed by atoms with E-state index in [1.165, 1.54) is 12.1 Å². The third-order valence-corrected chi connectivity index (χ3v) is 7.33. The summed E-state index contributed by atoms with van der Waals surface area (Å²) in [6.07, 6.45) is 0.804. The second kappa shape index (κ2) is 8.91. The molecule has 4 amide bonds. The van der Waals surface area contributed by atoms with Gasteiger partial charge in [-0.2, -0.15) is 5.26 Å². The van der Waals surface area contributed by atoms with Crippen LogP contribution in [0.2, 0.25) is 0 Å². The van der Waals surface area contributed by atoms with Crippen molar-refractivity contribution < 1.29 is 24.3 Å². The van der Waals surface area contributed by atoms with E-state index in [0.717, 1.165) is 15.4 Å². The Kier molecular flexibility index (Phi) is 5.82. The topological polar surface area (TPSA) is 123 Å². The summed E-state index contributed by atoms with van der Waals surface area (Å²) in [7, 11) is 0. The van der Waals surface area contributed by atoms with Gasteiger partial charge in [-0.1, -0.05) is 32.0 Å². The Morgan fingerprint density at radius 2 is 1.68 bits per heavy atom. The quantitative estimate of drug-likeness (QED) is 0.407. The molecule has 3 aromatic rings. The van der Waals surface area contributed by atoms with Gasteiger partial charge in [0.15, 0.2) is 0 Å². The Morgan fingerprint density at radius 1 is 1.00 bits per heavy atom. The Balaban J connectivity index is 1.91. The molecule has 5 rings (SSSR count). The minimum atomic E-state index is -0.846. The van der Waals surface area contributed by atoms with Gasteiger partial charge in [0.2, 0.25) is 5.69 Å². The lowest BCUT2D eigenvalue weighted by Crippen LogP contribution is -2.49. The molecule has 2 aliphatic heterocycles. The predicted octanol–water partition coefficient (Wildman–Crippen LogP) is 4.30. The third kappa shape index (κ3) is 3.13. The fourth-order valence-electron chi connectivity index (χ4n) is 5.49. The Labute approximate surface area is 218 Å². The third-order valence-electron chi connectivity index (χ3n) is 7.33. The lowest BCUT2D eigenvalue weighted by molar-refractivity contribution is 0.0465. The molecule has 0 aromatic heterocycles. The number of aliphatic hydroxyl groups is 1. The molecule has 0 spiro atoms. The molecule has 9 heteroatoms. The molecule has 38 heavy (non-hydrogen) atoms. The van der Waals surface area contributed by atoms with Gasteiger partial charge in [-0.05, 0) is 48.4 Å². The van der Waals surface area contributed by atoms with Crippen LogP contribution in [0.25, 0.3) is 15.6 Å². The van der Waals surface area contributed by atoms with Crippen molar-refractivity contribution in [3.8, 4) is 6.07 Å². The standard InChI is InChI=1S/C29H22N4O5/c1-5-15-9-7-8-14(3)25(15)33-27(36)19-11-20(31-4)24-23-18(10-16(12-30)21(22(19)23)28(33)37)26(35)32(29(24)38)17(6-2)13-34/h7-11,17,34H,5-6,13H2,1-3H3. The first-order valence-corrected chi connectivity index (χ1v) is 12.2. The first-order valence-electron chi connectivity index (χ1n) is 12.2. The maximum absolute atomic E-state index is 14.0. The van der Waals surface area contributed by atoms with E-state index in [4.69, 9.17) is 6.57 Å². The van der Waals surface area contributed by atoms with E-state index in [0.29, 0.717) is 17.7 Å². The minimum absolute atomic E-state index is 0.0170. The smallest absolute Gasteiger partial charge is 0.267 e. The molecule has 188 valence electrons. The van der Waals surface area contributed by atoms with Gasteiger partial charge >= 0.3 is 0 Å². The number of anilines is 1. The monoisotopic (exact) mass is 506 g/mol. The van der Waals surface area contributed by atoms with Gasteiger partial charge in [0.1, 0.15) is 6.07 Å². The van der Waals surface area contributed by atoms with Gasteiger partial charge < -0.3 is 5.11 Å². The number of rotatable bonds is 5. The van der Waals surface area contributed by atoms with Crippen molar-refractivity contribution in [1.82, 2.24) is 4.90 Å². The lowest BCUT2D eigenvalue weighted by atomic mass is 9.82. The van der Waals surface area contributed by atoms with Crippen LogP contribution in [-0.4, -0.2) is 46.3 Å². The zero-order chi connectivity index (χ0) is 27.5. The van der Waals surface area contributed by atoms with E-state index in [-0.39, 0.29) is 50.7 Å². The van der Waals surface area contributed by atoms with Crippen LogP contribution in [-0.2, 0) is 6.42 Å². The zero-order valence-electron chi connectivity index (χ0n) is 21.0. The molecule has 1 unspecified atom stereocenters. The van der Waals surface area contributed by atoms with Gasteiger partial charge in [-0.25, -0.2) is 9.74 Å². The SMILES string of the molecule is [C-]#[N+]c1cc2c3c(c(C#N)cc4c3c1C(=O)N(C(CC)CO)C4=O)C(=O)N(c1c(C)cccc1CC)C2=O. The zero-order valence-corrected chi connectivity index (χ0v) is 21.0. The molecule has 1 N–H and O–H groups in total. The molecule has 2 heterocycles. The minimum Gasteiger partial charge on any atom is -0.394 e. The van der Waals surface area contributed by atoms with Crippen LogP contribution < -0.4 is 4.90 Å². The molecule has 0 radical (unpaired) electrons. The van der Waals surface area contributed by atoms with Crippen molar-refractivity contribution in [2.45, 2.75) is 39.7 Å². The second-order valence-electron chi connectivity index (χ2n) is 9.25. The Morgan fingerprint density at radius 3 is 2.29 bits per heavy atom. The second-order valence-corrected chi connectivity index (χ2v) is 9.25. The highest BCUT2D eigenvalue weighted by atomic mass is 16.3. The van der Waals surface area contributed by atoms with E-state index in [1.807, 2.05) is 25.1 Å². The first kappa shape index (κ1) is 24.8. The van der Waals surface area contributed by atoms with E-state index in [9.17, 15) is 29.5 Å². The van der Waals surface area contributed by atoms with Crippen LogP contribution in [0.1, 0.15) is 78.4 Å². The highest BCUT2D eigenvalue weighted by molar-refractivity contribution is 6.41. The van der Waals surface area contributed by atoms with Crippen LogP contribution in [0, 0.1) is 24.8 Å². The van der Waals surface area contributed by atoms with Crippen molar-refractivity contribution in [3.05, 3.63) is 80.7 Å². The molecule has 0 bridgehead atoms.